The molecule has 9 heteroatoms. The van der Waals surface area contributed by atoms with Crippen LogP contribution >= 0.6 is 0 Å². The standard InChI is InChI=1S/C44H77NO8/c1-6-8-10-12-14-16-18-20-22-24-26-28-30-32-34-41(46)51-38-40(39-52-44(43(48)49)50-37-36-45(3,4)5)53-42(47)35-33-31-29-27-25-23-21-19-17-15-13-11-9-7-2/h12-15,18-21,40,44H,6-11,16-17,22-39H2,1-5H3/p+1/b14-12-,15-13-,20-18-,21-19-. The Bertz CT molecular complexity index is 1010. The molecule has 0 aromatic heterocycles. The van der Waals surface area contributed by atoms with Gasteiger partial charge in [0.2, 0.25) is 0 Å². The number of esters is 2. The van der Waals surface area contributed by atoms with Crippen molar-refractivity contribution in [2.45, 2.75) is 167 Å². The van der Waals surface area contributed by atoms with Crippen LogP contribution in [0.1, 0.15) is 155 Å². The molecule has 306 valence electrons. The summed E-state index contributed by atoms with van der Waals surface area (Å²) in [7, 11) is 5.93. The van der Waals surface area contributed by atoms with Gasteiger partial charge in [-0.1, -0.05) is 127 Å². The molecule has 0 aliphatic heterocycles. The molecule has 0 radical (unpaired) electrons. The zero-order chi connectivity index (χ0) is 39.3. The summed E-state index contributed by atoms with van der Waals surface area (Å²) in [6, 6.07) is 0. The third-order valence-corrected chi connectivity index (χ3v) is 8.56. The van der Waals surface area contributed by atoms with Crippen LogP contribution in [0.2, 0.25) is 0 Å². The molecule has 0 aliphatic rings. The third-order valence-electron chi connectivity index (χ3n) is 8.56. The van der Waals surface area contributed by atoms with Crippen LogP contribution in [0, 0.1) is 0 Å². The molecular formula is C44H78NO8+. The Morgan fingerprint density at radius 1 is 0.566 bits per heavy atom. The van der Waals surface area contributed by atoms with Crippen molar-refractivity contribution in [2.75, 3.05) is 47.5 Å². The average molecular weight is 749 g/mol. The summed E-state index contributed by atoms with van der Waals surface area (Å²) >= 11 is 0. The van der Waals surface area contributed by atoms with E-state index in [9.17, 15) is 19.5 Å². The number of hydrogen-bond acceptors (Lipinski definition) is 7. The van der Waals surface area contributed by atoms with Crippen molar-refractivity contribution < 1.29 is 42.9 Å². The lowest BCUT2D eigenvalue weighted by atomic mass is 10.1. The molecule has 2 unspecified atom stereocenters. The van der Waals surface area contributed by atoms with Gasteiger partial charge in [-0.15, -0.1) is 0 Å². The van der Waals surface area contributed by atoms with Gasteiger partial charge in [0.05, 0.1) is 34.4 Å². The van der Waals surface area contributed by atoms with E-state index < -0.39 is 24.3 Å². The number of carbonyl (C=O) groups excluding carboxylic acids is 2. The number of likely N-dealkylation sites (N-methyl/N-ethyl adjacent to an activating group) is 1. The second kappa shape index (κ2) is 36.2. The number of aliphatic carboxylic acids is 1. The zero-order valence-electron chi connectivity index (χ0n) is 34.4. The van der Waals surface area contributed by atoms with Gasteiger partial charge < -0.3 is 28.5 Å². The average Bonchev–Trinajstić information content (AvgIpc) is 3.11. The number of allylic oxidation sites excluding steroid dienone is 8. The van der Waals surface area contributed by atoms with Crippen LogP contribution in [0.25, 0.3) is 0 Å². The van der Waals surface area contributed by atoms with Gasteiger partial charge in [-0.05, 0) is 64.2 Å². The van der Waals surface area contributed by atoms with E-state index in [0.29, 0.717) is 17.4 Å². The minimum absolute atomic E-state index is 0.181. The lowest BCUT2D eigenvalue weighted by Crippen LogP contribution is -2.40. The number of rotatable bonds is 37. The number of ether oxygens (including phenoxy) is 4. The molecule has 0 saturated carbocycles. The molecule has 0 heterocycles. The molecule has 0 aliphatic carbocycles. The molecule has 0 saturated heterocycles. The van der Waals surface area contributed by atoms with Crippen LogP contribution in [-0.2, 0) is 33.3 Å². The molecule has 9 nitrogen and oxygen atoms in total. The molecule has 0 rings (SSSR count). The van der Waals surface area contributed by atoms with Gasteiger partial charge in [0.1, 0.15) is 13.2 Å². The highest BCUT2D eigenvalue weighted by atomic mass is 16.7. The number of carboxylic acid groups (broad SMARTS) is 1. The van der Waals surface area contributed by atoms with Crippen LogP contribution in [0.5, 0.6) is 0 Å². The van der Waals surface area contributed by atoms with Crippen LogP contribution in [0.15, 0.2) is 48.6 Å². The van der Waals surface area contributed by atoms with E-state index in [1.807, 2.05) is 21.1 Å². The van der Waals surface area contributed by atoms with Crippen LogP contribution < -0.4 is 0 Å². The lowest BCUT2D eigenvalue weighted by Gasteiger charge is -2.25. The summed E-state index contributed by atoms with van der Waals surface area (Å²) in [6.45, 7) is 4.73. The maximum Gasteiger partial charge on any atom is 0.361 e. The highest BCUT2D eigenvalue weighted by molar-refractivity contribution is 5.71. The molecule has 0 amide bonds. The van der Waals surface area contributed by atoms with Gasteiger partial charge in [0, 0.05) is 12.8 Å². The Morgan fingerprint density at radius 3 is 1.49 bits per heavy atom. The van der Waals surface area contributed by atoms with E-state index in [0.717, 1.165) is 96.3 Å². The molecular weight excluding hydrogens is 670 g/mol. The fourth-order valence-corrected chi connectivity index (χ4v) is 5.22. The van der Waals surface area contributed by atoms with Crippen molar-refractivity contribution in [2.24, 2.45) is 0 Å². The van der Waals surface area contributed by atoms with Crippen molar-refractivity contribution in [1.29, 1.82) is 0 Å². The van der Waals surface area contributed by atoms with Crippen molar-refractivity contribution in [3.8, 4) is 0 Å². The van der Waals surface area contributed by atoms with Crippen molar-refractivity contribution in [1.82, 2.24) is 0 Å². The van der Waals surface area contributed by atoms with Gasteiger partial charge >= 0.3 is 17.9 Å². The maximum atomic E-state index is 12.7. The van der Waals surface area contributed by atoms with Gasteiger partial charge in [0.15, 0.2) is 6.10 Å². The van der Waals surface area contributed by atoms with E-state index in [4.69, 9.17) is 18.9 Å². The fourth-order valence-electron chi connectivity index (χ4n) is 5.22. The first-order valence-corrected chi connectivity index (χ1v) is 20.8. The van der Waals surface area contributed by atoms with Crippen LogP contribution in [0.4, 0.5) is 0 Å². The first kappa shape index (κ1) is 50.2. The Hall–Kier alpha value is -2.75. The van der Waals surface area contributed by atoms with Crippen molar-refractivity contribution >= 4 is 17.9 Å². The van der Waals surface area contributed by atoms with Gasteiger partial charge in [-0.3, -0.25) is 9.59 Å². The second-order valence-electron chi connectivity index (χ2n) is 14.9. The molecule has 0 spiro atoms. The van der Waals surface area contributed by atoms with Crippen LogP contribution in [0.3, 0.4) is 0 Å². The Morgan fingerprint density at radius 2 is 1.02 bits per heavy atom. The summed E-state index contributed by atoms with van der Waals surface area (Å²) in [5.41, 5.74) is 0. The van der Waals surface area contributed by atoms with Gasteiger partial charge in [-0.25, -0.2) is 4.79 Å². The smallest absolute Gasteiger partial charge is 0.361 e. The quantitative estimate of drug-likeness (QED) is 0.0220. The zero-order valence-corrected chi connectivity index (χ0v) is 34.4. The van der Waals surface area contributed by atoms with Gasteiger partial charge in [0.25, 0.3) is 6.29 Å². The first-order chi connectivity index (χ1) is 25.6. The highest BCUT2D eigenvalue weighted by Crippen LogP contribution is 2.12. The fraction of sp³-hybridized carbons (Fsp3) is 0.750. The number of unbranched alkanes of at least 4 members (excludes halogenated alkanes) is 14. The van der Waals surface area contributed by atoms with E-state index >= 15 is 0 Å². The number of carboxylic acids is 1. The van der Waals surface area contributed by atoms with Crippen LogP contribution in [-0.4, -0.2) is 87.4 Å². The summed E-state index contributed by atoms with van der Waals surface area (Å²) in [6.07, 6.45) is 37.3. The molecule has 2 atom stereocenters. The predicted octanol–water partition coefficient (Wildman–Crippen LogP) is 10.4. The maximum absolute atomic E-state index is 12.7. The SMILES string of the molecule is CCCC/C=C\C/C=C\CCCCCCCC(=O)OCC(COC(OCC[N+](C)(C)C)C(=O)O)OC(=O)CCCCCCC/C=C\C/C=C\CCCC. The Balaban J connectivity index is 4.55. The first-order valence-electron chi connectivity index (χ1n) is 20.8. The van der Waals surface area contributed by atoms with E-state index in [-0.39, 0.29) is 38.6 Å². The molecule has 1 N–H and O–H groups in total. The van der Waals surface area contributed by atoms with E-state index in [1.54, 1.807) is 0 Å². The lowest BCUT2D eigenvalue weighted by molar-refractivity contribution is -0.870. The van der Waals surface area contributed by atoms with Crippen molar-refractivity contribution in [3.63, 3.8) is 0 Å². The largest absolute Gasteiger partial charge is 0.477 e. The second-order valence-corrected chi connectivity index (χ2v) is 14.9. The van der Waals surface area contributed by atoms with E-state index in [1.165, 1.54) is 25.7 Å². The topological polar surface area (TPSA) is 108 Å². The number of carbonyl (C=O) groups is 3. The normalized spacial score (nSPS) is 13.5. The summed E-state index contributed by atoms with van der Waals surface area (Å²) in [4.78, 5) is 37.0. The number of hydrogen-bond donors (Lipinski definition) is 1. The van der Waals surface area contributed by atoms with E-state index in [2.05, 4.69) is 62.5 Å². The molecule has 0 bridgehead atoms. The molecule has 0 fully saturated rings. The minimum Gasteiger partial charge on any atom is -0.477 e. The Kier molecular flexibility index (Phi) is 34.4. The highest BCUT2D eigenvalue weighted by Gasteiger charge is 2.25. The third kappa shape index (κ3) is 37.4. The molecule has 53 heavy (non-hydrogen) atoms. The monoisotopic (exact) mass is 749 g/mol. The van der Waals surface area contributed by atoms with Crippen molar-refractivity contribution in [3.05, 3.63) is 48.6 Å². The molecule has 0 aromatic rings. The summed E-state index contributed by atoms with van der Waals surface area (Å²) < 4.78 is 22.6. The summed E-state index contributed by atoms with van der Waals surface area (Å²) in [5.74, 6) is -2.05. The number of quaternary nitrogens is 1. The molecule has 0 aromatic carbocycles. The predicted molar refractivity (Wildman–Crippen MR) is 217 cm³/mol. The number of nitrogens with zero attached hydrogens (tertiary/aromatic N) is 1. The Labute approximate surface area is 323 Å². The van der Waals surface area contributed by atoms with Gasteiger partial charge in [-0.2, -0.15) is 0 Å². The minimum atomic E-state index is -1.52. The summed E-state index contributed by atoms with van der Waals surface area (Å²) in [5, 5.41) is 9.61.